The predicted octanol–water partition coefficient (Wildman–Crippen LogP) is 3.29. The van der Waals surface area contributed by atoms with E-state index in [4.69, 9.17) is 47.0 Å². The van der Waals surface area contributed by atoms with Gasteiger partial charge in [0, 0.05) is 18.2 Å². The summed E-state index contributed by atoms with van der Waals surface area (Å²) in [5.41, 5.74) is 0.556. The average molecular weight is 385 g/mol. The summed E-state index contributed by atoms with van der Waals surface area (Å²) in [7, 11) is 0. The van der Waals surface area contributed by atoms with E-state index in [9.17, 15) is 9.90 Å². The number of alkyl halides is 3. The van der Waals surface area contributed by atoms with Gasteiger partial charge in [-0.1, -0.05) is 47.8 Å². The second-order valence-electron chi connectivity index (χ2n) is 4.44. The van der Waals surface area contributed by atoms with Crippen molar-refractivity contribution in [3.05, 3.63) is 24.3 Å². The Balaban J connectivity index is 2.68. The Kier molecular flexibility index (Phi) is 7.48. The molecular formula is C13H16Cl3N3O2S. The number of thiocarbonyl (C=S) groups is 1. The van der Waals surface area contributed by atoms with Gasteiger partial charge >= 0.3 is 0 Å². The van der Waals surface area contributed by atoms with Gasteiger partial charge in [0.25, 0.3) is 0 Å². The summed E-state index contributed by atoms with van der Waals surface area (Å²) in [6.07, 6.45) is -0.00958. The monoisotopic (exact) mass is 383 g/mol. The first-order valence-corrected chi connectivity index (χ1v) is 7.99. The van der Waals surface area contributed by atoms with E-state index in [2.05, 4.69) is 16.0 Å². The minimum Gasteiger partial charge on any atom is -0.508 e. The molecule has 22 heavy (non-hydrogen) atoms. The fraction of sp³-hybridized carbons (Fsp3) is 0.385. The molecule has 0 radical (unpaired) electrons. The summed E-state index contributed by atoms with van der Waals surface area (Å²) >= 11 is 22.6. The predicted molar refractivity (Wildman–Crippen MR) is 94.6 cm³/mol. The molecule has 0 aliphatic rings. The molecule has 0 bridgehead atoms. The molecule has 0 fully saturated rings. The summed E-state index contributed by atoms with van der Waals surface area (Å²) in [6.45, 7) is 1.87. The molecule has 122 valence electrons. The van der Waals surface area contributed by atoms with Crippen molar-refractivity contribution in [2.45, 2.75) is 29.7 Å². The first-order valence-electron chi connectivity index (χ1n) is 6.45. The van der Waals surface area contributed by atoms with E-state index < -0.39 is 9.96 Å². The van der Waals surface area contributed by atoms with E-state index in [1.54, 1.807) is 12.1 Å². The van der Waals surface area contributed by atoms with Crippen molar-refractivity contribution in [3.8, 4) is 5.75 Å². The molecule has 1 atom stereocenters. The van der Waals surface area contributed by atoms with E-state index >= 15 is 0 Å². The zero-order chi connectivity index (χ0) is 16.8. The van der Waals surface area contributed by atoms with Gasteiger partial charge in [0.05, 0.1) is 0 Å². The molecule has 1 amide bonds. The Morgan fingerprint density at radius 3 is 2.59 bits per heavy atom. The quantitative estimate of drug-likeness (QED) is 0.356. The Morgan fingerprint density at radius 2 is 2.05 bits per heavy atom. The second kappa shape index (κ2) is 8.62. The molecule has 0 saturated carbocycles. The number of carbonyl (C=O) groups excluding carboxylic acids is 1. The molecule has 4 N–H and O–H groups in total. The fourth-order valence-corrected chi connectivity index (χ4v) is 2.10. The number of phenolic OH excluding ortho intramolecular Hbond substituents is 1. The number of hydrogen-bond donors (Lipinski definition) is 4. The maximum Gasteiger partial charge on any atom is 0.228 e. The van der Waals surface area contributed by atoms with E-state index in [-0.39, 0.29) is 16.8 Å². The van der Waals surface area contributed by atoms with Crippen LogP contribution in [-0.2, 0) is 4.79 Å². The van der Waals surface area contributed by atoms with Crippen LogP contribution >= 0.6 is 47.0 Å². The van der Waals surface area contributed by atoms with E-state index in [1.165, 1.54) is 12.1 Å². The van der Waals surface area contributed by atoms with Crippen LogP contribution in [0, 0.1) is 0 Å². The molecule has 0 saturated heterocycles. The third kappa shape index (κ3) is 6.87. The summed E-state index contributed by atoms with van der Waals surface area (Å²) in [4.78, 5) is 11.7. The van der Waals surface area contributed by atoms with E-state index in [0.717, 1.165) is 0 Å². The lowest BCUT2D eigenvalue weighted by Crippen LogP contribution is -2.56. The number of carbonyl (C=O) groups is 1. The van der Waals surface area contributed by atoms with Crippen molar-refractivity contribution in [2.75, 3.05) is 5.32 Å². The smallest absolute Gasteiger partial charge is 0.228 e. The Morgan fingerprint density at radius 1 is 1.36 bits per heavy atom. The van der Waals surface area contributed by atoms with Gasteiger partial charge in [-0.15, -0.1) is 0 Å². The minimum absolute atomic E-state index is 0.0852. The maximum atomic E-state index is 11.7. The topological polar surface area (TPSA) is 73.4 Å². The van der Waals surface area contributed by atoms with Crippen molar-refractivity contribution in [1.29, 1.82) is 0 Å². The van der Waals surface area contributed by atoms with Gasteiger partial charge in [0.1, 0.15) is 11.9 Å². The number of hydrogen-bond acceptors (Lipinski definition) is 3. The molecule has 0 aliphatic carbocycles. The number of aromatic hydroxyl groups is 1. The van der Waals surface area contributed by atoms with Crippen LogP contribution < -0.4 is 16.0 Å². The molecule has 1 aromatic carbocycles. The maximum absolute atomic E-state index is 11.7. The van der Waals surface area contributed by atoms with Crippen LogP contribution in [0.25, 0.3) is 0 Å². The SMILES string of the molecule is CCCC(=O)N[C@H](NC(=S)Nc1cccc(O)c1)C(Cl)(Cl)Cl. The highest BCUT2D eigenvalue weighted by atomic mass is 35.6. The number of phenols is 1. The van der Waals surface area contributed by atoms with E-state index in [1.807, 2.05) is 6.92 Å². The largest absolute Gasteiger partial charge is 0.508 e. The molecule has 5 nitrogen and oxygen atoms in total. The van der Waals surface area contributed by atoms with Crippen molar-refractivity contribution >= 4 is 63.7 Å². The molecule has 1 rings (SSSR count). The van der Waals surface area contributed by atoms with Crippen LogP contribution in [0.3, 0.4) is 0 Å². The van der Waals surface area contributed by atoms with Crippen molar-refractivity contribution in [1.82, 2.24) is 10.6 Å². The number of nitrogens with one attached hydrogen (secondary N) is 3. The van der Waals surface area contributed by atoms with E-state index in [0.29, 0.717) is 18.5 Å². The molecule has 0 aromatic heterocycles. The van der Waals surface area contributed by atoms with Crippen LogP contribution in [0.15, 0.2) is 24.3 Å². The van der Waals surface area contributed by atoms with Gasteiger partial charge in [-0.3, -0.25) is 4.79 Å². The first-order chi connectivity index (χ1) is 10.2. The van der Waals surface area contributed by atoms with Gasteiger partial charge in [0.15, 0.2) is 5.11 Å². The highest BCUT2D eigenvalue weighted by Gasteiger charge is 2.34. The summed E-state index contributed by atoms with van der Waals surface area (Å²) < 4.78 is -1.78. The number of amides is 1. The van der Waals surface area contributed by atoms with Crippen LogP contribution in [0.1, 0.15) is 19.8 Å². The molecule has 0 heterocycles. The number of rotatable bonds is 5. The summed E-state index contributed by atoms with van der Waals surface area (Å²) in [6, 6.07) is 6.36. The molecule has 0 unspecified atom stereocenters. The molecular weight excluding hydrogens is 369 g/mol. The normalized spacial score (nSPS) is 12.4. The first kappa shape index (κ1) is 19.1. The van der Waals surface area contributed by atoms with Crippen molar-refractivity contribution in [3.63, 3.8) is 0 Å². The lowest BCUT2D eigenvalue weighted by atomic mass is 10.3. The van der Waals surface area contributed by atoms with Gasteiger partial charge in [-0.2, -0.15) is 0 Å². The lowest BCUT2D eigenvalue weighted by Gasteiger charge is -2.27. The van der Waals surface area contributed by atoms with Gasteiger partial charge in [0.2, 0.25) is 9.70 Å². The minimum atomic E-state index is -1.78. The molecule has 9 heteroatoms. The van der Waals surface area contributed by atoms with Gasteiger partial charge in [-0.25, -0.2) is 0 Å². The Bertz CT molecular complexity index is 538. The number of halogens is 3. The fourth-order valence-electron chi connectivity index (χ4n) is 1.54. The van der Waals surface area contributed by atoms with Crippen LogP contribution in [-0.4, -0.2) is 26.1 Å². The molecule has 0 spiro atoms. The zero-order valence-electron chi connectivity index (χ0n) is 11.7. The number of anilines is 1. The summed E-state index contributed by atoms with van der Waals surface area (Å²) in [5, 5.41) is 17.6. The standard InChI is InChI=1S/C13H16Cl3N3O2S/c1-2-4-10(21)18-11(13(14,15)16)19-12(22)17-8-5-3-6-9(20)7-8/h3,5-7,11,20H,2,4H2,1H3,(H,18,21)(H2,17,19,22)/t11-/m1/s1. The highest BCUT2D eigenvalue weighted by Crippen LogP contribution is 2.29. The van der Waals surface area contributed by atoms with Crippen LogP contribution in [0.4, 0.5) is 5.69 Å². The zero-order valence-corrected chi connectivity index (χ0v) is 14.8. The Hall–Kier alpha value is -0.950. The lowest BCUT2D eigenvalue weighted by molar-refractivity contribution is -0.121. The second-order valence-corrected chi connectivity index (χ2v) is 7.22. The molecule has 0 aliphatic heterocycles. The molecule has 1 aromatic rings. The average Bonchev–Trinajstić information content (AvgIpc) is 2.37. The third-order valence-electron chi connectivity index (χ3n) is 2.49. The third-order valence-corrected chi connectivity index (χ3v) is 3.36. The van der Waals surface area contributed by atoms with Gasteiger partial charge < -0.3 is 21.1 Å². The summed E-state index contributed by atoms with van der Waals surface area (Å²) in [5.74, 6) is -0.173. The van der Waals surface area contributed by atoms with Crippen LogP contribution in [0.2, 0.25) is 0 Å². The van der Waals surface area contributed by atoms with Gasteiger partial charge in [-0.05, 0) is 30.8 Å². The Labute approximate surface area is 149 Å². The highest BCUT2D eigenvalue weighted by molar-refractivity contribution is 7.80. The number of benzene rings is 1. The van der Waals surface area contributed by atoms with Crippen LogP contribution in [0.5, 0.6) is 5.75 Å². The van der Waals surface area contributed by atoms with Crippen molar-refractivity contribution < 1.29 is 9.90 Å². The van der Waals surface area contributed by atoms with Crippen molar-refractivity contribution in [2.24, 2.45) is 0 Å².